The Kier molecular flexibility index (Phi) is 68.6. The first kappa shape index (κ1) is 79.8. The van der Waals surface area contributed by atoms with Gasteiger partial charge < -0.3 is 14.2 Å². The zero-order chi connectivity index (χ0) is 59.9. The van der Waals surface area contributed by atoms with Gasteiger partial charge in [-0.3, -0.25) is 14.4 Å². The van der Waals surface area contributed by atoms with Crippen LogP contribution in [0.15, 0.2) is 72.9 Å². The number of ether oxygens (including phenoxy) is 3. The van der Waals surface area contributed by atoms with Crippen molar-refractivity contribution in [2.45, 2.75) is 386 Å². The summed E-state index contributed by atoms with van der Waals surface area (Å²) in [5.74, 6) is -0.853. The normalized spacial score (nSPS) is 12.5. The summed E-state index contributed by atoms with van der Waals surface area (Å²) in [6, 6.07) is 0. The van der Waals surface area contributed by atoms with E-state index in [0.29, 0.717) is 19.3 Å². The largest absolute Gasteiger partial charge is 0.462 e. The molecule has 0 aliphatic rings. The Morgan fingerprint density at radius 1 is 0.253 bits per heavy atom. The van der Waals surface area contributed by atoms with E-state index in [-0.39, 0.29) is 31.1 Å². The van der Waals surface area contributed by atoms with Crippen LogP contribution in [0.1, 0.15) is 380 Å². The molecule has 0 saturated heterocycles. The van der Waals surface area contributed by atoms with Crippen molar-refractivity contribution in [3.63, 3.8) is 0 Å². The van der Waals surface area contributed by atoms with Crippen molar-refractivity contribution in [2.24, 2.45) is 0 Å². The molecule has 0 aromatic carbocycles. The van der Waals surface area contributed by atoms with Crippen LogP contribution >= 0.6 is 0 Å². The highest BCUT2D eigenvalue weighted by molar-refractivity contribution is 5.71. The lowest BCUT2D eigenvalue weighted by atomic mass is 10.0. The fourth-order valence-corrected chi connectivity index (χ4v) is 10.8. The SMILES string of the molecule is CC/C=C\C/C=C\C/C=C\C/C=C\CCCCCCCCCCCCCCC(=O)OCC(COC(=O)CCCCCCCCCCCCCCCCCCCCC)OC(=O)CCCCCCCCCCC/C=C\C/C=C\CCCCCCC. The maximum atomic E-state index is 13.0. The van der Waals surface area contributed by atoms with E-state index < -0.39 is 6.10 Å². The molecule has 0 spiro atoms. The second-order valence-corrected chi connectivity index (χ2v) is 24.5. The van der Waals surface area contributed by atoms with Gasteiger partial charge in [-0.2, -0.15) is 0 Å². The average molecular weight is 1160 g/mol. The number of allylic oxidation sites excluding steroid dienone is 12. The molecular weight excluding hydrogens is 1020 g/mol. The van der Waals surface area contributed by atoms with Gasteiger partial charge in [0, 0.05) is 19.3 Å². The maximum absolute atomic E-state index is 13.0. The minimum Gasteiger partial charge on any atom is -0.462 e. The van der Waals surface area contributed by atoms with E-state index in [1.165, 1.54) is 250 Å². The van der Waals surface area contributed by atoms with Crippen molar-refractivity contribution in [2.75, 3.05) is 13.2 Å². The molecule has 0 fully saturated rings. The Bertz CT molecular complexity index is 1520. The van der Waals surface area contributed by atoms with Gasteiger partial charge in [-0.1, -0.05) is 344 Å². The van der Waals surface area contributed by atoms with E-state index >= 15 is 0 Å². The van der Waals surface area contributed by atoms with Crippen molar-refractivity contribution >= 4 is 17.9 Å². The molecule has 0 amide bonds. The molecule has 0 rings (SSSR count). The summed E-state index contributed by atoms with van der Waals surface area (Å²) < 4.78 is 17.0. The number of unbranched alkanes of at least 4 members (excludes halogenated alkanes) is 44. The lowest BCUT2D eigenvalue weighted by molar-refractivity contribution is -0.167. The predicted molar refractivity (Wildman–Crippen MR) is 362 cm³/mol. The first-order valence-corrected chi connectivity index (χ1v) is 36.4. The third kappa shape index (κ3) is 69.5. The van der Waals surface area contributed by atoms with Gasteiger partial charge in [-0.05, 0) is 89.9 Å². The molecular formula is C77H138O6. The van der Waals surface area contributed by atoms with Gasteiger partial charge in [-0.15, -0.1) is 0 Å². The highest BCUT2D eigenvalue weighted by Gasteiger charge is 2.19. The Morgan fingerprint density at radius 2 is 0.470 bits per heavy atom. The van der Waals surface area contributed by atoms with Crippen molar-refractivity contribution in [3.05, 3.63) is 72.9 Å². The third-order valence-corrected chi connectivity index (χ3v) is 16.2. The average Bonchev–Trinajstić information content (AvgIpc) is 3.50. The second-order valence-electron chi connectivity index (χ2n) is 24.5. The maximum Gasteiger partial charge on any atom is 0.306 e. The molecule has 0 aromatic rings. The smallest absolute Gasteiger partial charge is 0.306 e. The molecule has 6 nitrogen and oxygen atoms in total. The summed E-state index contributed by atoms with van der Waals surface area (Å²) >= 11 is 0. The lowest BCUT2D eigenvalue weighted by Crippen LogP contribution is -2.30. The highest BCUT2D eigenvalue weighted by atomic mass is 16.6. The van der Waals surface area contributed by atoms with E-state index in [1.807, 2.05) is 0 Å². The van der Waals surface area contributed by atoms with E-state index in [1.54, 1.807) is 0 Å². The molecule has 83 heavy (non-hydrogen) atoms. The van der Waals surface area contributed by atoms with Crippen LogP contribution in [0.25, 0.3) is 0 Å². The Morgan fingerprint density at radius 3 is 0.735 bits per heavy atom. The van der Waals surface area contributed by atoms with Crippen LogP contribution in [0, 0.1) is 0 Å². The lowest BCUT2D eigenvalue weighted by Gasteiger charge is -2.18. The summed E-state index contributed by atoms with van der Waals surface area (Å²) in [6.07, 6.45) is 93.5. The number of hydrogen-bond donors (Lipinski definition) is 0. The quantitative estimate of drug-likeness (QED) is 0.0261. The van der Waals surface area contributed by atoms with Gasteiger partial charge in [0.05, 0.1) is 0 Å². The van der Waals surface area contributed by atoms with Crippen LogP contribution in [0.2, 0.25) is 0 Å². The molecule has 1 unspecified atom stereocenters. The third-order valence-electron chi connectivity index (χ3n) is 16.2. The number of carbonyl (C=O) groups excluding carboxylic acids is 3. The minimum atomic E-state index is -0.779. The summed E-state index contributed by atoms with van der Waals surface area (Å²) in [5, 5.41) is 0. The summed E-state index contributed by atoms with van der Waals surface area (Å²) in [6.45, 7) is 6.58. The van der Waals surface area contributed by atoms with Crippen LogP contribution in [-0.4, -0.2) is 37.2 Å². The molecule has 0 N–H and O–H groups in total. The highest BCUT2D eigenvalue weighted by Crippen LogP contribution is 2.18. The molecule has 0 aliphatic carbocycles. The van der Waals surface area contributed by atoms with Gasteiger partial charge in [0.1, 0.15) is 13.2 Å². The van der Waals surface area contributed by atoms with Crippen LogP contribution in [-0.2, 0) is 28.6 Å². The van der Waals surface area contributed by atoms with Crippen LogP contribution < -0.4 is 0 Å². The number of carbonyl (C=O) groups is 3. The monoisotopic (exact) mass is 1160 g/mol. The summed E-state index contributed by atoms with van der Waals surface area (Å²) in [7, 11) is 0. The first-order valence-electron chi connectivity index (χ1n) is 36.4. The van der Waals surface area contributed by atoms with Crippen LogP contribution in [0.3, 0.4) is 0 Å². The van der Waals surface area contributed by atoms with Crippen molar-refractivity contribution < 1.29 is 28.6 Å². The van der Waals surface area contributed by atoms with Gasteiger partial charge >= 0.3 is 17.9 Å². The first-order chi connectivity index (χ1) is 41.0. The molecule has 1 atom stereocenters. The molecule has 6 heteroatoms. The predicted octanol–water partition coefficient (Wildman–Crippen LogP) is 25.2. The zero-order valence-electron chi connectivity index (χ0n) is 55.5. The summed E-state index contributed by atoms with van der Waals surface area (Å²) in [4.78, 5) is 38.5. The fourth-order valence-electron chi connectivity index (χ4n) is 10.8. The molecule has 0 heterocycles. The molecule has 0 radical (unpaired) electrons. The van der Waals surface area contributed by atoms with Gasteiger partial charge in [-0.25, -0.2) is 0 Å². The van der Waals surface area contributed by atoms with Crippen molar-refractivity contribution in [1.82, 2.24) is 0 Å². The molecule has 482 valence electrons. The topological polar surface area (TPSA) is 78.9 Å². The van der Waals surface area contributed by atoms with E-state index in [0.717, 1.165) is 89.9 Å². The minimum absolute atomic E-state index is 0.0728. The standard InChI is InChI=1S/C77H138O6/c1-4-7-10-13-16-19-22-25-28-31-34-36-37-38-39-41-43-46-49-52-55-58-61-64-67-70-76(79)82-73-74(72-81-75(78)69-66-63-60-57-54-51-48-45-42-33-30-27-24-21-18-15-12-9-6-3)83-77(80)71-68-65-62-59-56-53-50-47-44-40-35-32-29-26-23-20-17-14-11-8-5-2/h7,10,16,19,23,25-26,28,32,34-36,74H,4-6,8-9,11-15,17-18,20-22,24,27,29-31,33,37-73H2,1-3H3/b10-7-,19-16-,26-23-,28-25-,35-32-,36-34-. The van der Waals surface area contributed by atoms with E-state index in [9.17, 15) is 14.4 Å². The second kappa shape index (κ2) is 71.3. The van der Waals surface area contributed by atoms with E-state index in [2.05, 4.69) is 93.7 Å². The summed E-state index contributed by atoms with van der Waals surface area (Å²) in [5.41, 5.74) is 0. The number of hydrogen-bond acceptors (Lipinski definition) is 6. The molecule has 0 aromatic heterocycles. The zero-order valence-corrected chi connectivity index (χ0v) is 55.5. The van der Waals surface area contributed by atoms with Gasteiger partial charge in [0.15, 0.2) is 6.10 Å². The van der Waals surface area contributed by atoms with Crippen molar-refractivity contribution in [1.29, 1.82) is 0 Å². The van der Waals surface area contributed by atoms with Crippen LogP contribution in [0.5, 0.6) is 0 Å². The Hall–Kier alpha value is -3.15. The van der Waals surface area contributed by atoms with Gasteiger partial charge in [0.2, 0.25) is 0 Å². The van der Waals surface area contributed by atoms with Crippen molar-refractivity contribution in [3.8, 4) is 0 Å². The molecule has 0 aliphatic heterocycles. The fraction of sp³-hybridized carbons (Fsp3) is 0.805. The van der Waals surface area contributed by atoms with Gasteiger partial charge in [0.25, 0.3) is 0 Å². The Labute approximate surface area is 516 Å². The number of esters is 3. The molecule has 0 saturated carbocycles. The Balaban J connectivity index is 4.34. The van der Waals surface area contributed by atoms with E-state index in [4.69, 9.17) is 14.2 Å². The number of rotatable bonds is 67. The van der Waals surface area contributed by atoms with Crippen LogP contribution in [0.4, 0.5) is 0 Å². The molecule has 0 bridgehead atoms.